The van der Waals surface area contributed by atoms with Gasteiger partial charge in [0.2, 0.25) is 0 Å². The average Bonchev–Trinajstić information content (AvgIpc) is 2.94. The van der Waals surface area contributed by atoms with E-state index in [1.807, 2.05) is 6.92 Å². The van der Waals surface area contributed by atoms with E-state index >= 15 is 0 Å². The van der Waals surface area contributed by atoms with E-state index in [0.29, 0.717) is 13.0 Å². The maximum absolute atomic E-state index is 11.7. The van der Waals surface area contributed by atoms with Crippen molar-refractivity contribution in [3.63, 3.8) is 0 Å². The fourth-order valence-electron chi connectivity index (χ4n) is 5.37. The van der Waals surface area contributed by atoms with Crippen LogP contribution in [-0.4, -0.2) is 23.7 Å². The van der Waals surface area contributed by atoms with Crippen LogP contribution in [0.15, 0.2) is 12.2 Å². The van der Waals surface area contributed by atoms with Crippen molar-refractivity contribution < 1.29 is 19.4 Å². The van der Waals surface area contributed by atoms with Gasteiger partial charge in [0.15, 0.2) is 0 Å². The molecule has 0 aliphatic rings. The lowest BCUT2D eigenvalue weighted by Gasteiger charge is -2.11. The molecule has 0 heterocycles. The molecule has 40 heavy (non-hydrogen) atoms. The molecule has 0 aromatic rings. The molecular formula is C36H68O4. The Morgan fingerprint density at radius 1 is 0.550 bits per heavy atom. The van der Waals surface area contributed by atoms with Crippen LogP contribution in [0.4, 0.5) is 0 Å². The van der Waals surface area contributed by atoms with Gasteiger partial charge >= 0.3 is 11.9 Å². The Hall–Kier alpha value is -1.32. The monoisotopic (exact) mass is 565 g/mol. The van der Waals surface area contributed by atoms with Crippen LogP contribution in [0.25, 0.3) is 0 Å². The maximum atomic E-state index is 11.7. The molecule has 0 radical (unpaired) electrons. The first-order valence-electron chi connectivity index (χ1n) is 17.6. The third-order valence-corrected chi connectivity index (χ3v) is 8.04. The lowest BCUT2D eigenvalue weighted by Crippen LogP contribution is -2.19. The van der Waals surface area contributed by atoms with Crippen molar-refractivity contribution in [1.29, 1.82) is 0 Å². The van der Waals surface area contributed by atoms with Crippen LogP contribution in [-0.2, 0) is 14.3 Å². The van der Waals surface area contributed by atoms with Crippen molar-refractivity contribution in [2.45, 2.75) is 194 Å². The molecular weight excluding hydrogens is 496 g/mol. The van der Waals surface area contributed by atoms with Gasteiger partial charge in [-0.2, -0.15) is 0 Å². The van der Waals surface area contributed by atoms with Gasteiger partial charge in [-0.25, -0.2) is 0 Å². The van der Waals surface area contributed by atoms with Crippen LogP contribution in [0, 0.1) is 5.92 Å². The van der Waals surface area contributed by atoms with Crippen LogP contribution in [0.1, 0.15) is 194 Å². The second-order valence-electron chi connectivity index (χ2n) is 12.1. The number of carbonyl (C=O) groups excluding carboxylic acids is 1. The number of carboxylic acid groups (broad SMARTS) is 1. The number of aliphatic carboxylic acids is 1. The zero-order valence-electron chi connectivity index (χ0n) is 26.9. The van der Waals surface area contributed by atoms with Crippen LogP contribution < -0.4 is 0 Å². The zero-order valence-corrected chi connectivity index (χ0v) is 26.9. The fraction of sp³-hybridized carbons (Fsp3) is 0.889. The second-order valence-corrected chi connectivity index (χ2v) is 12.1. The highest BCUT2D eigenvalue weighted by atomic mass is 16.5. The molecule has 0 saturated carbocycles. The van der Waals surface area contributed by atoms with Crippen molar-refractivity contribution in [2.75, 3.05) is 6.61 Å². The normalized spacial score (nSPS) is 12.2. The SMILES string of the molecule is CCCCCCC/C=C/CCCCCCCCCCCCCCCCCCCCC(CC(=O)OCCC)C(=O)O. The van der Waals surface area contributed by atoms with Crippen molar-refractivity contribution in [3.8, 4) is 0 Å². The first kappa shape index (κ1) is 38.7. The van der Waals surface area contributed by atoms with Gasteiger partial charge in [-0.3, -0.25) is 9.59 Å². The number of carbonyl (C=O) groups is 2. The highest BCUT2D eigenvalue weighted by molar-refractivity contribution is 5.78. The lowest BCUT2D eigenvalue weighted by atomic mass is 9.97. The molecule has 236 valence electrons. The van der Waals surface area contributed by atoms with E-state index in [1.165, 1.54) is 148 Å². The number of esters is 1. The minimum atomic E-state index is -0.874. The van der Waals surface area contributed by atoms with E-state index in [0.717, 1.165) is 19.3 Å². The quantitative estimate of drug-likeness (QED) is 0.0501. The van der Waals surface area contributed by atoms with E-state index in [2.05, 4.69) is 19.1 Å². The van der Waals surface area contributed by atoms with Gasteiger partial charge in [0.1, 0.15) is 0 Å². The van der Waals surface area contributed by atoms with Gasteiger partial charge in [-0.15, -0.1) is 0 Å². The molecule has 1 unspecified atom stereocenters. The second kappa shape index (κ2) is 32.2. The van der Waals surface area contributed by atoms with Crippen LogP contribution >= 0.6 is 0 Å². The van der Waals surface area contributed by atoms with Gasteiger partial charge in [0.25, 0.3) is 0 Å². The molecule has 1 N–H and O–H groups in total. The molecule has 1 atom stereocenters. The number of rotatable bonds is 32. The molecule has 4 nitrogen and oxygen atoms in total. The maximum Gasteiger partial charge on any atom is 0.307 e. The Morgan fingerprint density at radius 3 is 1.30 bits per heavy atom. The molecule has 0 aromatic carbocycles. The van der Waals surface area contributed by atoms with E-state index in [-0.39, 0.29) is 12.4 Å². The lowest BCUT2D eigenvalue weighted by molar-refractivity contribution is -0.151. The van der Waals surface area contributed by atoms with Crippen LogP contribution in [0.3, 0.4) is 0 Å². The molecule has 0 bridgehead atoms. The molecule has 0 fully saturated rings. The number of carboxylic acids is 1. The van der Waals surface area contributed by atoms with Crippen LogP contribution in [0.5, 0.6) is 0 Å². The van der Waals surface area contributed by atoms with Gasteiger partial charge in [-0.1, -0.05) is 161 Å². The molecule has 0 aliphatic heterocycles. The first-order valence-corrected chi connectivity index (χ1v) is 17.6. The molecule has 0 aliphatic carbocycles. The minimum absolute atomic E-state index is 0.00693. The van der Waals surface area contributed by atoms with E-state index < -0.39 is 11.9 Å². The predicted molar refractivity (Wildman–Crippen MR) is 172 cm³/mol. The number of unbranched alkanes of at least 4 members (excludes halogenated alkanes) is 23. The summed E-state index contributed by atoms with van der Waals surface area (Å²) in [6, 6.07) is 0. The first-order chi connectivity index (χ1) is 19.6. The van der Waals surface area contributed by atoms with Crippen molar-refractivity contribution in [3.05, 3.63) is 12.2 Å². The highest BCUT2D eigenvalue weighted by Gasteiger charge is 2.21. The summed E-state index contributed by atoms with van der Waals surface area (Å²) in [7, 11) is 0. The molecule has 4 heteroatoms. The minimum Gasteiger partial charge on any atom is -0.481 e. The summed E-state index contributed by atoms with van der Waals surface area (Å²) in [5.74, 6) is -1.85. The van der Waals surface area contributed by atoms with Crippen molar-refractivity contribution >= 4 is 11.9 Å². The molecule has 0 rings (SSSR count). The summed E-state index contributed by atoms with van der Waals surface area (Å²) in [6.45, 7) is 4.59. The smallest absolute Gasteiger partial charge is 0.307 e. The zero-order chi connectivity index (χ0) is 29.4. The number of allylic oxidation sites excluding steroid dienone is 2. The summed E-state index contributed by atoms with van der Waals surface area (Å²) in [5.41, 5.74) is 0. The summed E-state index contributed by atoms with van der Waals surface area (Å²) >= 11 is 0. The molecule has 0 spiro atoms. The molecule has 0 saturated heterocycles. The third kappa shape index (κ3) is 29.7. The topological polar surface area (TPSA) is 63.6 Å². The number of hydrogen-bond acceptors (Lipinski definition) is 3. The average molecular weight is 565 g/mol. The molecule has 0 amide bonds. The Bertz CT molecular complexity index is 571. The van der Waals surface area contributed by atoms with Crippen molar-refractivity contribution in [1.82, 2.24) is 0 Å². The highest BCUT2D eigenvalue weighted by Crippen LogP contribution is 2.18. The standard InChI is InChI=1S/C36H68O4/c1-3-5-6-7-8-9-10-11-12-13-14-15-16-17-18-19-20-21-22-23-24-25-26-27-28-29-30-31-34(36(38)39)33-35(37)40-32-4-2/h10-11,34H,3-9,12-33H2,1-2H3,(H,38,39)/b11-10+. The van der Waals surface area contributed by atoms with E-state index in [1.54, 1.807) is 0 Å². The number of ether oxygens (including phenoxy) is 1. The summed E-state index contributed by atoms with van der Waals surface area (Å²) < 4.78 is 5.03. The van der Waals surface area contributed by atoms with E-state index in [9.17, 15) is 14.7 Å². The summed E-state index contributed by atoms with van der Waals surface area (Å²) in [5, 5.41) is 9.34. The predicted octanol–water partition coefficient (Wildman–Crippen LogP) is 11.7. The van der Waals surface area contributed by atoms with Gasteiger partial charge in [-0.05, 0) is 38.5 Å². The molecule has 0 aromatic heterocycles. The van der Waals surface area contributed by atoms with Crippen LogP contribution in [0.2, 0.25) is 0 Å². The Labute approximate surface area is 249 Å². The van der Waals surface area contributed by atoms with Gasteiger partial charge in [0, 0.05) is 0 Å². The number of hydrogen-bond donors (Lipinski definition) is 1. The largest absolute Gasteiger partial charge is 0.481 e. The Morgan fingerprint density at radius 2 is 0.925 bits per heavy atom. The fourth-order valence-corrected chi connectivity index (χ4v) is 5.37. The van der Waals surface area contributed by atoms with E-state index in [4.69, 9.17) is 4.74 Å². The third-order valence-electron chi connectivity index (χ3n) is 8.04. The summed E-state index contributed by atoms with van der Waals surface area (Å²) in [6.07, 6.45) is 39.5. The van der Waals surface area contributed by atoms with Gasteiger partial charge in [0.05, 0.1) is 18.9 Å². The van der Waals surface area contributed by atoms with Crippen molar-refractivity contribution in [2.24, 2.45) is 5.92 Å². The Balaban J connectivity index is 3.29. The summed E-state index contributed by atoms with van der Waals surface area (Å²) in [4.78, 5) is 23.1. The Kier molecular flexibility index (Phi) is 31.1. The van der Waals surface area contributed by atoms with Gasteiger partial charge < -0.3 is 9.84 Å².